The molecule has 2 aliphatic carbocycles. The van der Waals surface area contributed by atoms with E-state index < -0.39 is 0 Å². The van der Waals surface area contributed by atoms with Gasteiger partial charge in [-0.2, -0.15) is 0 Å². The average molecular weight is 1220 g/mol. The summed E-state index contributed by atoms with van der Waals surface area (Å²) in [5.74, 6) is 0.849. The number of furan rings is 1. The molecule has 1 aromatic heterocycles. The van der Waals surface area contributed by atoms with E-state index >= 15 is 0 Å². The zero-order valence-electron chi connectivity index (χ0n) is 56.4. The summed E-state index contributed by atoms with van der Waals surface area (Å²) in [7, 11) is 0. The van der Waals surface area contributed by atoms with Gasteiger partial charge in [0.1, 0.15) is 11.3 Å². The lowest BCUT2D eigenvalue weighted by Gasteiger charge is -2.48. The Kier molecular flexibility index (Phi) is 13.8. The van der Waals surface area contributed by atoms with E-state index in [1.165, 1.54) is 72.4 Å². The van der Waals surface area contributed by atoms with Crippen LogP contribution in [0.1, 0.15) is 130 Å². The Morgan fingerprint density at radius 2 is 0.851 bits per heavy atom. The highest BCUT2D eigenvalue weighted by Crippen LogP contribution is 2.55. The van der Waals surface area contributed by atoms with Crippen LogP contribution in [0.5, 0.6) is 0 Å². The zero-order valence-corrected chi connectivity index (χ0v) is 56.4. The molecule has 0 fully saturated rings. The molecule has 0 saturated heterocycles. The van der Waals surface area contributed by atoms with E-state index in [1.54, 1.807) is 0 Å². The number of para-hydroxylation sites is 4. The molecule has 3 heterocycles. The lowest BCUT2D eigenvalue weighted by atomic mass is 9.33. The second kappa shape index (κ2) is 21.9. The smallest absolute Gasteiger partial charge is 0.252 e. The highest BCUT2D eigenvalue weighted by molar-refractivity contribution is 7.00. The van der Waals surface area contributed by atoms with Crippen LogP contribution in [0.2, 0.25) is 0 Å². The van der Waals surface area contributed by atoms with E-state index in [-0.39, 0.29) is 33.8 Å². The van der Waals surface area contributed by atoms with Gasteiger partial charge in [0.2, 0.25) is 0 Å². The number of nitrogens with zero attached hydrogens (tertiary/aromatic N) is 4. The molecule has 12 aromatic rings. The van der Waals surface area contributed by atoms with Gasteiger partial charge in [-0.3, -0.25) is 0 Å². The Hall–Kier alpha value is -9.78. The number of anilines is 12. The maximum absolute atomic E-state index is 6.53. The molecule has 0 unspecified atom stereocenters. The molecule has 464 valence electrons. The third-order valence-corrected chi connectivity index (χ3v) is 21.7. The number of benzene rings is 11. The van der Waals surface area contributed by atoms with E-state index in [1.807, 2.05) is 12.1 Å². The summed E-state index contributed by atoms with van der Waals surface area (Å²) < 4.78 is 6.53. The van der Waals surface area contributed by atoms with Crippen LogP contribution in [0.3, 0.4) is 0 Å². The molecule has 4 aliphatic rings. The summed E-state index contributed by atoms with van der Waals surface area (Å²) in [4.78, 5) is 10.3. The molecule has 0 N–H and O–H groups in total. The van der Waals surface area contributed by atoms with Crippen molar-refractivity contribution in [2.75, 3.05) is 19.6 Å². The van der Waals surface area contributed by atoms with Crippen molar-refractivity contribution in [1.29, 1.82) is 0 Å². The summed E-state index contributed by atoms with van der Waals surface area (Å²) >= 11 is 0. The monoisotopic (exact) mass is 1220 g/mol. The van der Waals surface area contributed by atoms with Gasteiger partial charge in [0.25, 0.3) is 6.71 Å². The topological polar surface area (TPSA) is 26.1 Å². The molecule has 0 amide bonds. The van der Waals surface area contributed by atoms with Gasteiger partial charge < -0.3 is 24.0 Å². The van der Waals surface area contributed by atoms with Crippen LogP contribution in [0, 0.1) is 0 Å². The summed E-state index contributed by atoms with van der Waals surface area (Å²) in [6.07, 6.45) is 4.50. The van der Waals surface area contributed by atoms with Crippen molar-refractivity contribution in [2.24, 2.45) is 0 Å². The number of fused-ring (bicyclic) bond motifs is 7. The summed E-state index contributed by atoms with van der Waals surface area (Å²) in [6, 6.07) is 96.0. The van der Waals surface area contributed by atoms with Gasteiger partial charge in [0.05, 0.1) is 11.4 Å². The van der Waals surface area contributed by atoms with Crippen LogP contribution in [0.25, 0.3) is 33.4 Å². The van der Waals surface area contributed by atoms with Gasteiger partial charge in [-0.25, -0.2) is 0 Å². The molecule has 6 heteroatoms. The van der Waals surface area contributed by atoms with Crippen LogP contribution in [-0.2, 0) is 27.1 Å². The second-order valence-corrected chi connectivity index (χ2v) is 30.7. The molecule has 94 heavy (non-hydrogen) atoms. The van der Waals surface area contributed by atoms with Crippen LogP contribution >= 0.6 is 0 Å². The molecular weight excluding hydrogens is 1140 g/mol. The summed E-state index contributed by atoms with van der Waals surface area (Å²) in [5, 5.41) is 1.09. The lowest BCUT2D eigenvalue weighted by Crippen LogP contribution is -2.62. The van der Waals surface area contributed by atoms with E-state index in [9.17, 15) is 0 Å². The fourth-order valence-electron chi connectivity index (χ4n) is 16.1. The predicted molar refractivity (Wildman–Crippen MR) is 400 cm³/mol. The van der Waals surface area contributed by atoms with Gasteiger partial charge in [-0.05, 0) is 230 Å². The third-order valence-electron chi connectivity index (χ3n) is 21.7. The fourth-order valence-corrected chi connectivity index (χ4v) is 16.1. The van der Waals surface area contributed by atoms with Crippen LogP contribution in [0.15, 0.2) is 259 Å². The van der Waals surface area contributed by atoms with E-state index in [2.05, 4.69) is 338 Å². The first-order chi connectivity index (χ1) is 45.2. The first-order valence-corrected chi connectivity index (χ1v) is 34.0. The van der Waals surface area contributed by atoms with Crippen molar-refractivity contribution < 1.29 is 4.42 Å². The highest BCUT2D eigenvalue weighted by Gasteiger charge is 2.48. The number of hydrogen-bond donors (Lipinski definition) is 0. The number of hydrogen-bond acceptors (Lipinski definition) is 5. The van der Waals surface area contributed by atoms with Crippen molar-refractivity contribution in [3.63, 3.8) is 0 Å². The van der Waals surface area contributed by atoms with Gasteiger partial charge in [0.15, 0.2) is 0 Å². The first-order valence-electron chi connectivity index (χ1n) is 34.0. The van der Waals surface area contributed by atoms with E-state index in [0.717, 1.165) is 99.2 Å². The minimum absolute atomic E-state index is 0.0301. The largest absolute Gasteiger partial charge is 0.456 e. The quantitative estimate of drug-likeness (QED) is 0.127. The maximum Gasteiger partial charge on any atom is 0.252 e. The van der Waals surface area contributed by atoms with Crippen LogP contribution < -0.4 is 36.0 Å². The second-order valence-electron chi connectivity index (χ2n) is 30.7. The fraction of sp³-hybridized carbons (Fsp3) is 0.227. The molecule has 16 rings (SSSR count). The van der Waals surface area contributed by atoms with Crippen molar-refractivity contribution in [1.82, 2.24) is 0 Å². The minimum Gasteiger partial charge on any atom is -0.456 e. The normalized spacial score (nSPS) is 16.1. The highest BCUT2D eigenvalue weighted by atomic mass is 16.3. The molecule has 2 aliphatic heterocycles. The molecule has 0 radical (unpaired) electrons. The molecule has 0 bridgehead atoms. The Balaban J connectivity index is 1.05. The summed E-state index contributed by atoms with van der Waals surface area (Å²) in [5.41, 5.74) is 28.5. The molecule has 11 aromatic carbocycles. The van der Waals surface area contributed by atoms with Crippen molar-refractivity contribution in [2.45, 2.75) is 129 Å². The predicted octanol–water partition coefficient (Wildman–Crippen LogP) is 22.8. The SMILES string of the molecule is CC(C)(C)c1ccc(N2c3cc(N(c4ccccc4)c4ccccc4)ccc3B3c4cc5c(cc4N(c4ccc6c(c4)C(C)(C)CCC6(C)C)c4cc(N(c6ccccc6)c6ccc(-c7cc8ccccc8o7)cc6)cc2c43)C(C)(C)CCC5(C)C)c(-c2ccccc2)c1. The van der Waals surface area contributed by atoms with Crippen LogP contribution in [0.4, 0.5) is 68.2 Å². The van der Waals surface area contributed by atoms with Crippen molar-refractivity contribution in [3.05, 3.63) is 283 Å². The molecular formula is C88H83BN4O. The minimum atomic E-state index is -0.158. The molecule has 5 nitrogen and oxygen atoms in total. The Morgan fingerprint density at radius 3 is 1.45 bits per heavy atom. The zero-order chi connectivity index (χ0) is 64.6. The van der Waals surface area contributed by atoms with E-state index in [4.69, 9.17) is 4.42 Å². The molecule has 0 atom stereocenters. The average Bonchev–Trinajstić information content (AvgIpc) is 0.741. The van der Waals surface area contributed by atoms with Gasteiger partial charge >= 0.3 is 0 Å². The van der Waals surface area contributed by atoms with Gasteiger partial charge in [-0.1, -0.05) is 204 Å². The van der Waals surface area contributed by atoms with Crippen LogP contribution in [-0.4, -0.2) is 6.71 Å². The maximum atomic E-state index is 6.53. The Labute approximate surface area is 557 Å². The summed E-state index contributed by atoms with van der Waals surface area (Å²) in [6.45, 7) is 26.7. The van der Waals surface area contributed by atoms with Gasteiger partial charge in [0, 0.05) is 73.4 Å². The third kappa shape index (κ3) is 9.89. The Bertz CT molecular complexity index is 4830. The molecule has 0 saturated carbocycles. The number of rotatable bonds is 10. The van der Waals surface area contributed by atoms with Crippen molar-refractivity contribution in [3.8, 4) is 22.5 Å². The first kappa shape index (κ1) is 59.3. The van der Waals surface area contributed by atoms with Gasteiger partial charge in [-0.15, -0.1) is 0 Å². The standard InChI is InChI=1S/C88H83BN4O/c1-84(2,3)61-38-45-76(69(51-61)58-26-16-12-17-27-58)93-77-53-67(90(62-29-18-13-19-30-62)63-31-20-14-21-32-63)42-44-74(77)89-75-56-72-73(88(10,11)49-48-87(72,8)9)57-78(75)92(66-41-43-70-71(52-66)86(6,7)47-46-85(70,4)5)79-54-68(55-80(93)83(79)89)91(64-33-22-15-23-34-64)65-39-36-59(37-40-65)82-50-60-28-24-25-35-81(60)94-82/h12-45,50-57H,46-49H2,1-11H3. The van der Waals surface area contributed by atoms with E-state index in [0.29, 0.717) is 0 Å². The lowest BCUT2D eigenvalue weighted by molar-refractivity contribution is 0.332. The van der Waals surface area contributed by atoms with Crippen molar-refractivity contribution >= 4 is 102 Å². The Morgan fingerprint density at radius 1 is 0.362 bits per heavy atom. The molecule has 0 spiro atoms.